The molecule has 0 saturated heterocycles. The fourth-order valence-electron chi connectivity index (χ4n) is 0.526. The zero-order valence-electron chi connectivity index (χ0n) is 7.00. The summed E-state index contributed by atoms with van der Waals surface area (Å²) in [6, 6.07) is 0. The van der Waals surface area contributed by atoms with Crippen LogP contribution in [0.15, 0.2) is 29.4 Å². The lowest BCUT2D eigenvalue weighted by molar-refractivity contribution is -0.113. The maximum absolute atomic E-state index is 10.8. The van der Waals surface area contributed by atoms with Gasteiger partial charge in [-0.15, -0.1) is 0 Å². The van der Waals surface area contributed by atoms with E-state index >= 15 is 0 Å². The summed E-state index contributed by atoms with van der Waals surface area (Å²) in [5, 5.41) is 0. The van der Waals surface area contributed by atoms with Crippen molar-refractivity contribution in [3.8, 4) is 0 Å². The molecule has 2 heteroatoms. The number of carbonyl (C=O) groups excluding carboxylic acids is 1. The van der Waals surface area contributed by atoms with Gasteiger partial charge in [0.2, 0.25) is 0 Å². The third-order valence-corrected chi connectivity index (χ3v) is 1.13. The topological polar surface area (TPSA) is 29.4 Å². The van der Waals surface area contributed by atoms with Crippen molar-refractivity contribution in [2.24, 2.45) is 4.99 Å². The monoisotopic (exact) mass is 151 g/mol. The predicted molar refractivity (Wildman–Crippen MR) is 47.7 cm³/mol. The summed E-state index contributed by atoms with van der Waals surface area (Å²) in [7, 11) is 0. The van der Waals surface area contributed by atoms with Gasteiger partial charge in [0.25, 0.3) is 0 Å². The van der Waals surface area contributed by atoms with Crippen LogP contribution in [0, 0.1) is 0 Å². The highest BCUT2D eigenvalue weighted by Crippen LogP contribution is 1.96. The van der Waals surface area contributed by atoms with Gasteiger partial charge >= 0.3 is 0 Å². The molecule has 0 radical (unpaired) electrons. The highest BCUT2D eigenvalue weighted by molar-refractivity contribution is 5.95. The minimum absolute atomic E-state index is 0.00625. The summed E-state index contributed by atoms with van der Waals surface area (Å²) in [6.45, 7) is 6.98. The Balaban J connectivity index is 4.24. The zero-order chi connectivity index (χ0) is 8.69. The molecule has 0 rings (SSSR count). The molecule has 0 aromatic heterocycles. The van der Waals surface area contributed by atoms with Crippen LogP contribution in [0.5, 0.6) is 0 Å². The van der Waals surface area contributed by atoms with Gasteiger partial charge in [-0.25, -0.2) is 0 Å². The second kappa shape index (κ2) is 5.59. The van der Waals surface area contributed by atoms with E-state index in [0.29, 0.717) is 5.57 Å². The Morgan fingerprint density at radius 2 is 2.27 bits per heavy atom. The lowest BCUT2D eigenvalue weighted by atomic mass is 10.2. The van der Waals surface area contributed by atoms with Crippen molar-refractivity contribution in [2.75, 3.05) is 0 Å². The van der Waals surface area contributed by atoms with E-state index in [1.54, 1.807) is 6.21 Å². The van der Waals surface area contributed by atoms with Crippen molar-refractivity contribution in [3.05, 3.63) is 24.4 Å². The molecule has 0 N–H and O–H groups in total. The van der Waals surface area contributed by atoms with Gasteiger partial charge in [0.15, 0.2) is 5.78 Å². The van der Waals surface area contributed by atoms with E-state index in [4.69, 9.17) is 0 Å². The largest absolute Gasteiger partial charge is 0.294 e. The molecule has 0 aromatic carbocycles. The number of nitrogens with zero attached hydrogens (tertiary/aromatic N) is 1. The van der Waals surface area contributed by atoms with Gasteiger partial charge in [-0.05, 0) is 13.3 Å². The van der Waals surface area contributed by atoms with E-state index in [9.17, 15) is 4.79 Å². The first-order valence-electron chi connectivity index (χ1n) is 3.57. The molecule has 0 unspecified atom stereocenters. The summed E-state index contributed by atoms with van der Waals surface area (Å²) >= 11 is 0. The van der Waals surface area contributed by atoms with E-state index in [1.165, 1.54) is 19.2 Å². The third kappa shape index (κ3) is 4.25. The van der Waals surface area contributed by atoms with Crippen molar-refractivity contribution in [1.29, 1.82) is 0 Å². The molecule has 11 heavy (non-hydrogen) atoms. The molecular formula is C9H13NO. The lowest BCUT2D eigenvalue weighted by Gasteiger charge is -1.89. The average molecular weight is 151 g/mol. The molecule has 0 aliphatic rings. The number of hydrogen-bond acceptors (Lipinski definition) is 2. The second-order valence-corrected chi connectivity index (χ2v) is 2.08. The first kappa shape index (κ1) is 9.82. The van der Waals surface area contributed by atoms with Crippen molar-refractivity contribution in [1.82, 2.24) is 0 Å². The van der Waals surface area contributed by atoms with Gasteiger partial charge in [-0.1, -0.05) is 19.6 Å². The van der Waals surface area contributed by atoms with Crippen LogP contribution in [0.2, 0.25) is 0 Å². The van der Waals surface area contributed by atoms with E-state index in [1.807, 2.05) is 6.92 Å². The predicted octanol–water partition coefficient (Wildman–Crippen LogP) is 2.13. The third-order valence-electron chi connectivity index (χ3n) is 1.13. The molecule has 0 bridgehead atoms. The fourth-order valence-corrected chi connectivity index (χ4v) is 0.526. The summed E-state index contributed by atoms with van der Waals surface area (Å²) in [5.74, 6) is -0.00625. The number of hydrogen-bond donors (Lipinski definition) is 0. The van der Waals surface area contributed by atoms with Gasteiger partial charge in [0.05, 0.1) is 0 Å². The van der Waals surface area contributed by atoms with Crippen LogP contribution in [0.3, 0.4) is 0 Å². The van der Waals surface area contributed by atoms with Gasteiger partial charge in [-0.2, -0.15) is 0 Å². The fraction of sp³-hybridized carbons (Fsp3) is 0.333. The number of aliphatic imine (C=N–C) groups is 1. The minimum atomic E-state index is -0.00625. The average Bonchev–Trinajstić information content (AvgIpc) is 1.97. The first-order valence-corrected chi connectivity index (χ1v) is 3.57. The molecule has 0 aromatic rings. The Labute approximate surface area is 67.3 Å². The standard InChI is InChI=1S/C9H13NO/c1-4-6-10-7-9(5-2)8(3)11/h5-7H,2,4H2,1,3H3/b9-7+,10-6?. The zero-order valence-corrected chi connectivity index (χ0v) is 7.00. The molecule has 0 spiro atoms. The van der Waals surface area contributed by atoms with Crippen LogP contribution in [0.4, 0.5) is 0 Å². The van der Waals surface area contributed by atoms with E-state index in [-0.39, 0.29) is 5.78 Å². The maximum atomic E-state index is 10.8. The molecule has 0 heterocycles. The quantitative estimate of drug-likeness (QED) is 0.344. The van der Waals surface area contributed by atoms with Gasteiger partial charge in [0.1, 0.15) is 0 Å². The van der Waals surface area contributed by atoms with Crippen molar-refractivity contribution < 1.29 is 4.79 Å². The molecule has 0 aliphatic heterocycles. The van der Waals surface area contributed by atoms with Crippen LogP contribution in [-0.2, 0) is 4.79 Å². The molecule has 0 saturated carbocycles. The molecule has 0 fully saturated rings. The normalized spacial score (nSPS) is 12.0. The SMILES string of the molecule is C=C/C(=C\N=CCC)C(C)=O. The molecule has 0 amide bonds. The molecule has 0 aliphatic carbocycles. The number of rotatable bonds is 4. The second-order valence-electron chi connectivity index (χ2n) is 2.08. The molecule has 0 atom stereocenters. The molecule has 60 valence electrons. The van der Waals surface area contributed by atoms with Crippen molar-refractivity contribution in [2.45, 2.75) is 20.3 Å². The van der Waals surface area contributed by atoms with Gasteiger partial charge < -0.3 is 0 Å². The van der Waals surface area contributed by atoms with E-state index < -0.39 is 0 Å². The van der Waals surface area contributed by atoms with Gasteiger partial charge in [0, 0.05) is 18.0 Å². The van der Waals surface area contributed by atoms with E-state index in [2.05, 4.69) is 11.6 Å². The van der Waals surface area contributed by atoms with E-state index in [0.717, 1.165) is 6.42 Å². The lowest BCUT2D eigenvalue weighted by Crippen LogP contribution is -1.91. The Kier molecular flexibility index (Phi) is 4.99. The Morgan fingerprint density at radius 3 is 2.64 bits per heavy atom. The van der Waals surface area contributed by atoms with Crippen molar-refractivity contribution >= 4 is 12.0 Å². The highest BCUT2D eigenvalue weighted by Gasteiger charge is 1.94. The summed E-state index contributed by atoms with van der Waals surface area (Å²) < 4.78 is 0. The van der Waals surface area contributed by atoms with Crippen LogP contribution in [0.1, 0.15) is 20.3 Å². The maximum Gasteiger partial charge on any atom is 0.161 e. The minimum Gasteiger partial charge on any atom is -0.294 e. The Morgan fingerprint density at radius 1 is 1.64 bits per heavy atom. The number of Topliss-reactive ketones (excluding diaryl/α,β-unsaturated/α-hetero) is 1. The van der Waals surface area contributed by atoms with Crippen LogP contribution in [0.25, 0.3) is 0 Å². The number of allylic oxidation sites excluding steroid dienone is 2. The summed E-state index contributed by atoms with van der Waals surface area (Å²) in [6.07, 6.45) is 5.65. The highest BCUT2D eigenvalue weighted by atomic mass is 16.1. The summed E-state index contributed by atoms with van der Waals surface area (Å²) in [5.41, 5.74) is 0.551. The summed E-state index contributed by atoms with van der Waals surface area (Å²) in [4.78, 5) is 14.7. The Bertz CT molecular complexity index is 202. The first-order chi connectivity index (χ1) is 5.22. The molecule has 2 nitrogen and oxygen atoms in total. The smallest absolute Gasteiger partial charge is 0.161 e. The van der Waals surface area contributed by atoms with Gasteiger partial charge in [-0.3, -0.25) is 9.79 Å². The number of ketones is 1. The van der Waals surface area contributed by atoms with Crippen LogP contribution in [-0.4, -0.2) is 12.0 Å². The van der Waals surface area contributed by atoms with Crippen LogP contribution >= 0.6 is 0 Å². The number of carbonyl (C=O) groups is 1. The van der Waals surface area contributed by atoms with Crippen LogP contribution < -0.4 is 0 Å². The van der Waals surface area contributed by atoms with Crippen molar-refractivity contribution in [3.63, 3.8) is 0 Å². The Hall–Kier alpha value is -1.18. The molecular weight excluding hydrogens is 138 g/mol.